The van der Waals surface area contributed by atoms with E-state index in [1.54, 1.807) is 0 Å². The van der Waals surface area contributed by atoms with Gasteiger partial charge in [-0.3, -0.25) is 0 Å². The van der Waals surface area contributed by atoms with Gasteiger partial charge in [0.1, 0.15) is 18.3 Å². The highest BCUT2D eigenvalue weighted by Gasteiger charge is 2.42. The van der Waals surface area contributed by atoms with Crippen LogP contribution in [-0.2, 0) is 9.47 Å². The average molecular weight is 249 g/mol. The van der Waals surface area contributed by atoms with Crippen molar-refractivity contribution in [2.24, 2.45) is 5.73 Å². The Hall–Kier alpha value is -0.240. The molecule has 1 fully saturated rings. The minimum Gasteiger partial charge on any atom is -0.394 e. The van der Waals surface area contributed by atoms with Crippen LogP contribution >= 0.6 is 0 Å². The molecule has 17 heavy (non-hydrogen) atoms. The zero-order chi connectivity index (χ0) is 12.7. The summed E-state index contributed by atoms with van der Waals surface area (Å²) in [5, 5.41) is 27.9. The van der Waals surface area contributed by atoms with Crippen LogP contribution in [0.2, 0.25) is 0 Å². The highest BCUT2D eigenvalue weighted by Crippen LogP contribution is 2.22. The molecule has 2 unspecified atom stereocenters. The Morgan fingerprint density at radius 2 is 1.76 bits per heavy atom. The molecule has 0 aromatic carbocycles. The van der Waals surface area contributed by atoms with Crippen molar-refractivity contribution in [1.29, 1.82) is 0 Å². The molecular formula is C11H23NO5. The Morgan fingerprint density at radius 3 is 2.35 bits per heavy atom. The molecule has 0 amide bonds. The number of unbranched alkanes of at least 4 members (excludes halogenated alkanes) is 3. The minimum atomic E-state index is -1.09. The highest BCUT2D eigenvalue weighted by molar-refractivity contribution is 4.86. The van der Waals surface area contributed by atoms with Crippen LogP contribution in [-0.4, -0.2) is 59.7 Å². The molecule has 1 rings (SSSR count). The molecule has 1 heterocycles. The lowest BCUT2D eigenvalue weighted by Crippen LogP contribution is -2.34. The Kier molecular flexibility index (Phi) is 6.94. The monoisotopic (exact) mass is 249 g/mol. The molecule has 0 spiro atoms. The summed E-state index contributed by atoms with van der Waals surface area (Å²) in [4.78, 5) is 0. The molecule has 0 aromatic rings. The second-order valence-corrected chi connectivity index (χ2v) is 4.28. The van der Waals surface area contributed by atoms with Crippen molar-refractivity contribution in [1.82, 2.24) is 0 Å². The molecule has 5 N–H and O–H groups in total. The van der Waals surface area contributed by atoms with Gasteiger partial charge in [0.25, 0.3) is 0 Å². The molecule has 1 aliphatic heterocycles. The molecule has 0 radical (unpaired) electrons. The summed E-state index contributed by atoms with van der Waals surface area (Å²) in [6.07, 6.45) is 0.199. The largest absolute Gasteiger partial charge is 0.394 e. The lowest BCUT2D eigenvalue weighted by atomic mass is 10.1. The van der Waals surface area contributed by atoms with Crippen molar-refractivity contribution in [3.8, 4) is 0 Å². The van der Waals surface area contributed by atoms with Crippen LogP contribution in [0.4, 0.5) is 0 Å². The van der Waals surface area contributed by atoms with E-state index in [-0.39, 0.29) is 6.61 Å². The lowest BCUT2D eigenvalue weighted by Gasteiger charge is -2.15. The molecule has 0 bridgehead atoms. The quantitative estimate of drug-likeness (QED) is 0.410. The van der Waals surface area contributed by atoms with E-state index < -0.39 is 24.6 Å². The van der Waals surface area contributed by atoms with E-state index in [1.165, 1.54) is 0 Å². The van der Waals surface area contributed by atoms with Gasteiger partial charge >= 0.3 is 0 Å². The van der Waals surface area contributed by atoms with Gasteiger partial charge in [-0.15, -0.1) is 0 Å². The first-order valence-corrected chi connectivity index (χ1v) is 6.14. The van der Waals surface area contributed by atoms with Crippen molar-refractivity contribution in [3.63, 3.8) is 0 Å². The first-order valence-electron chi connectivity index (χ1n) is 6.14. The molecule has 1 aliphatic rings. The number of hydrogen-bond acceptors (Lipinski definition) is 6. The van der Waals surface area contributed by atoms with Gasteiger partial charge in [0, 0.05) is 6.61 Å². The van der Waals surface area contributed by atoms with Crippen molar-refractivity contribution in [2.75, 3.05) is 19.8 Å². The van der Waals surface area contributed by atoms with Gasteiger partial charge < -0.3 is 30.5 Å². The predicted octanol–water partition coefficient (Wildman–Crippen LogP) is -1.04. The van der Waals surface area contributed by atoms with Gasteiger partial charge in [0.2, 0.25) is 0 Å². The lowest BCUT2D eigenvalue weighted by molar-refractivity contribution is -0.169. The molecule has 0 saturated carbocycles. The van der Waals surface area contributed by atoms with Gasteiger partial charge in [-0.05, 0) is 19.4 Å². The maximum Gasteiger partial charge on any atom is 0.186 e. The van der Waals surface area contributed by atoms with E-state index in [0.29, 0.717) is 13.2 Å². The number of rotatable bonds is 8. The molecule has 0 aromatic heterocycles. The SMILES string of the molecule is NCCCCCCO[C@@H]1O[C@H](CO)C(O)C1O. The van der Waals surface area contributed by atoms with Crippen molar-refractivity contribution in [2.45, 2.75) is 50.3 Å². The summed E-state index contributed by atoms with van der Waals surface area (Å²) in [6.45, 7) is 0.849. The summed E-state index contributed by atoms with van der Waals surface area (Å²) >= 11 is 0. The van der Waals surface area contributed by atoms with E-state index in [2.05, 4.69) is 0 Å². The molecule has 6 heteroatoms. The van der Waals surface area contributed by atoms with Crippen LogP contribution in [0.25, 0.3) is 0 Å². The fourth-order valence-electron chi connectivity index (χ4n) is 1.80. The van der Waals surface area contributed by atoms with E-state index in [1.807, 2.05) is 0 Å². The third-order valence-corrected chi connectivity index (χ3v) is 2.88. The predicted molar refractivity (Wildman–Crippen MR) is 61.2 cm³/mol. The Balaban J connectivity index is 2.11. The topological polar surface area (TPSA) is 105 Å². The van der Waals surface area contributed by atoms with Gasteiger partial charge in [-0.25, -0.2) is 0 Å². The van der Waals surface area contributed by atoms with Gasteiger partial charge in [0.05, 0.1) is 6.61 Å². The second-order valence-electron chi connectivity index (χ2n) is 4.28. The summed E-state index contributed by atoms with van der Waals surface area (Å²) < 4.78 is 10.5. The second kappa shape index (κ2) is 7.97. The number of aliphatic hydroxyl groups is 3. The van der Waals surface area contributed by atoms with Gasteiger partial charge in [0.15, 0.2) is 6.29 Å². The van der Waals surface area contributed by atoms with E-state index >= 15 is 0 Å². The van der Waals surface area contributed by atoms with Crippen LogP contribution in [0.3, 0.4) is 0 Å². The van der Waals surface area contributed by atoms with E-state index in [4.69, 9.17) is 20.3 Å². The van der Waals surface area contributed by atoms with Crippen molar-refractivity contribution < 1.29 is 24.8 Å². The fourth-order valence-corrected chi connectivity index (χ4v) is 1.80. The smallest absolute Gasteiger partial charge is 0.186 e. The summed E-state index contributed by atoms with van der Waals surface area (Å²) in [7, 11) is 0. The van der Waals surface area contributed by atoms with Crippen LogP contribution in [0, 0.1) is 0 Å². The van der Waals surface area contributed by atoms with E-state index in [0.717, 1.165) is 25.7 Å². The third-order valence-electron chi connectivity index (χ3n) is 2.88. The Bertz CT molecular complexity index is 204. The maximum absolute atomic E-state index is 9.57. The molecule has 1 saturated heterocycles. The molecule has 102 valence electrons. The zero-order valence-electron chi connectivity index (χ0n) is 9.99. The normalized spacial score (nSPS) is 33.2. The van der Waals surface area contributed by atoms with Crippen LogP contribution < -0.4 is 5.73 Å². The third kappa shape index (κ3) is 4.50. The number of nitrogens with two attached hydrogens (primary N) is 1. The fraction of sp³-hybridized carbons (Fsp3) is 1.00. The number of hydrogen-bond donors (Lipinski definition) is 4. The van der Waals surface area contributed by atoms with E-state index in [9.17, 15) is 10.2 Å². The Labute approximate surface area is 101 Å². The van der Waals surface area contributed by atoms with Crippen molar-refractivity contribution >= 4 is 0 Å². The molecular weight excluding hydrogens is 226 g/mol. The van der Waals surface area contributed by atoms with Gasteiger partial charge in [-0.2, -0.15) is 0 Å². The minimum absolute atomic E-state index is 0.325. The van der Waals surface area contributed by atoms with Crippen LogP contribution in [0.1, 0.15) is 25.7 Å². The molecule has 4 atom stereocenters. The number of aliphatic hydroxyl groups excluding tert-OH is 3. The van der Waals surface area contributed by atoms with Crippen molar-refractivity contribution in [3.05, 3.63) is 0 Å². The number of ether oxygens (including phenoxy) is 2. The molecule has 6 nitrogen and oxygen atoms in total. The summed E-state index contributed by atoms with van der Waals surface area (Å²) in [5.41, 5.74) is 5.37. The Morgan fingerprint density at radius 1 is 1.06 bits per heavy atom. The standard InChI is InChI=1S/C11H23NO5/c12-5-3-1-2-4-6-16-11-10(15)9(14)8(7-13)17-11/h8-11,13-15H,1-7,12H2/t8-,9?,10?,11-/m1/s1. The first-order chi connectivity index (χ1) is 8.20. The average Bonchev–Trinajstić information content (AvgIpc) is 2.61. The summed E-state index contributed by atoms with van der Waals surface area (Å²) in [5.74, 6) is 0. The van der Waals surface area contributed by atoms with Crippen LogP contribution in [0.15, 0.2) is 0 Å². The highest BCUT2D eigenvalue weighted by atomic mass is 16.7. The first kappa shape index (κ1) is 14.8. The zero-order valence-corrected chi connectivity index (χ0v) is 9.99. The van der Waals surface area contributed by atoms with Crippen LogP contribution in [0.5, 0.6) is 0 Å². The maximum atomic E-state index is 9.57. The molecule has 0 aliphatic carbocycles. The summed E-state index contributed by atoms with van der Waals surface area (Å²) in [6, 6.07) is 0. The van der Waals surface area contributed by atoms with Gasteiger partial charge in [-0.1, -0.05) is 12.8 Å².